The molecule has 1 fully saturated rings. The molecule has 1 aliphatic rings. The summed E-state index contributed by atoms with van der Waals surface area (Å²) in [6.45, 7) is 5.92. The van der Waals surface area contributed by atoms with Gasteiger partial charge in [0.05, 0.1) is 12.3 Å². The molecule has 1 atom stereocenters. The van der Waals surface area contributed by atoms with Crippen molar-refractivity contribution in [2.75, 3.05) is 19.7 Å². The van der Waals surface area contributed by atoms with E-state index in [9.17, 15) is 4.79 Å². The van der Waals surface area contributed by atoms with Crippen LogP contribution in [0.1, 0.15) is 47.4 Å². The number of ether oxygens (including phenoxy) is 1. The molecule has 3 rings (SSSR count). The lowest BCUT2D eigenvalue weighted by Crippen LogP contribution is -2.39. The van der Waals surface area contributed by atoms with E-state index >= 15 is 0 Å². The fourth-order valence-corrected chi connectivity index (χ4v) is 3.00. The molecule has 1 aliphatic heterocycles. The van der Waals surface area contributed by atoms with Gasteiger partial charge in [-0.3, -0.25) is 9.89 Å². The fraction of sp³-hybridized carbons (Fsp3) is 0.471. The van der Waals surface area contributed by atoms with Crippen LogP contribution < -0.4 is 4.74 Å². The number of aromatic nitrogens is 3. The Labute approximate surface area is 135 Å². The number of hydrogen-bond donors (Lipinski definition) is 1. The molecule has 2 aromatic heterocycles. The number of carbonyl (C=O) groups excluding carboxylic acids is 1. The number of carbonyl (C=O) groups is 1. The molecule has 0 bridgehead atoms. The van der Waals surface area contributed by atoms with Crippen molar-refractivity contribution in [2.45, 2.75) is 32.6 Å². The number of pyridine rings is 1. The molecular formula is C17H22N4O2. The van der Waals surface area contributed by atoms with Crippen molar-refractivity contribution >= 4 is 5.91 Å². The van der Waals surface area contributed by atoms with Crippen LogP contribution in [0.2, 0.25) is 0 Å². The highest BCUT2D eigenvalue weighted by molar-refractivity contribution is 5.94. The Balaban J connectivity index is 1.73. The molecule has 3 heterocycles. The van der Waals surface area contributed by atoms with Crippen LogP contribution in [0.3, 0.4) is 0 Å². The molecule has 2 aromatic rings. The Kier molecular flexibility index (Phi) is 4.60. The third-order valence-corrected chi connectivity index (χ3v) is 4.13. The highest BCUT2D eigenvalue weighted by Gasteiger charge is 2.27. The number of nitrogens with zero attached hydrogens (tertiary/aromatic N) is 3. The molecular weight excluding hydrogens is 292 g/mol. The largest absolute Gasteiger partial charge is 0.478 e. The Morgan fingerprint density at radius 3 is 3.09 bits per heavy atom. The first kappa shape index (κ1) is 15.5. The topological polar surface area (TPSA) is 71.1 Å². The minimum Gasteiger partial charge on any atom is -0.478 e. The zero-order valence-electron chi connectivity index (χ0n) is 13.6. The average Bonchev–Trinajstić information content (AvgIpc) is 3.01. The SMILES string of the molecule is CCOc1cc(C(=O)N2CCC[C@@H](c3cc(C)[nH]n3)C2)ccn1. The van der Waals surface area contributed by atoms with Gasteiger partial charge < -0.3 is 9.64 Å². The number of amides is 1. The highest BCUT2D eigenvalue weighted by atomic mass is 16.5. The molecule has 1 amide bonds. The molecule has 0 aromatic carbocycles. The van der Waals surface area contributed by atoms with Crippen LogP contribution in [0.25, 0.3) is 0 Å². The molecule has 0 saturated carbocycles. The number of piperidine rings is 1. The van der Waals surface area contributed by atoms with E-state index in [-0.39, 0.29) is 5.91 Å². The third kappa shape index (κ3) is 3.52. The maximum atomic E-state index is 12.8. The van der Waals surface area contributed by atoms with E-state index in [0.717, 1.165) is 30.8 Å². The second-order valence-corrected chi connectivity index (χ2v) is 5.88. The Hall–Kier alpha value is -2.37. The first-order valence-electron chi connectivity index (χ1n) is 8.07. The molecule has 0 unspecified atom stereocenters. The van der Waals surface area contributed by atoms with Crippen molar-refractivity contribution in [1.82, 2.24) is 20.1 Å². The summed E-state index contributed by atoms with van der Waals surface area (Å²) < 4.78 is 5.38. The number of likely N-dealkylation sites (tertiary alicyclic amines) is 1. The molecule has 122 valence electrons. The van der Waals surface area contributed by atoms with Gasteiger partial charge in [0, 0.05) is 42.5 Å². The standard InChI is InChI=1S/C17H22N4O2/c1-3-23-16-10-13(6-7-18-16)17(22)21-8-4-5-14(11-21)15-9-12(2)19-20-15/h6-7,9-10,14H,3-5,8,11H2,1-2H3,(H,19,20)/t14-/m1/s1. The van der Waals surface area contributed by atoms with Crippen molar-refractivity contribution in [3.8, 4) is 5.88 Å². The zero-order valence-corrected chi connectivity index (χ0v) is 13.6. The van der Waals surface area contributed by atoms with E-state index in [0.29, 0.717) is 30.5 Å². The maximum Gasteiger partial charge on any atom is 0.254 e. The van der Waals surface area contributed by atoms with Gasteiger partial charge in [-0.15, -0.1) is 0 Å². The fourth-order valence-electron chi connectivity index (χ4n) is 3.00. The summed E-state index contributed by atoms with van der Waals surface area (Å²) in [5.74, 6) is 0.825. The predicted molar refractivity (Wildman–Crippen MR) is 86.6 cm³/mol. The lowest BCUT2D eigenvalue weighted by Gasteiger charge is -2.32. The van der Waals surface area contributed by atoms with Crippen molar-refractivity contribution in [2.24, 2.45) is 0 Å². The Bertz CT molecular complexity index is 683. The monoisotopic (exact) mass is 314 g/mol. The third-order valence-electron chi connectivity index (χ3n) is 4.13. The van der Waals surface area contributed by atoms with E-state index in [1.807, 2.05) is 18.7 Å². The van der Waals surface area contributed by atoms with Crippen molar-refractivity contribution in [1.29, 1.82) is 0 Å². The van der Waals surface area contributed by atoms with E-state index < -0.39 is 0 Å². The van der Waals surface area contributed by atoms with Crippen LogP contribution in [-0.4, -0.2) is 45.7 Å². The van der Waals surface area contributed by atoms with Gasteiger partial charge >= 0.3 is 0 Å². The first-order chi connectivity index (χ1) is 11.2. The van der Waals surface area contributed by atoms with Gasteiger partial charge in [0.2, 0.25) is 5.88 Å². The molecule has 1 saturated heterocycles. The molecule has 23 heavy (non-hydrogen) atoms. The number of H-pyrrole nitrogens is 1. The van der Waals surface area contributed by atoms with Crippen LogP contribution in [0, 0.1) is 6.92 Å². The van der Waals surface area contributed by atoms with Gasteiger partial charge in [-0.05, 0) is 38.8 Å². The van der Waals surface area contributed by atoms with Gasteiger partial charge in [-0.25, -0.2) is 4.98 Å². The van der Waals surface area contributed by atoms with Gasteiger partial charge in [0.15, 0.2) is 0 Å². The van der Waals surface area contributed by atoms with Gasteiger partial charge in [-0.2, -0.15) is 5.10 Å². The first-order valence-corrected chi connectivity index (χ1v) is 8.07. The highest BCUT2D eigenvalue weighted by Crippen LogP contribution is 2.27. The van der Waals surface area contributed by atoms with Crippen molar-refractivity contribution in [3.63, 3.8) is 0 Å². The van der Waals surface area contributed by atoms with Crippen LogP contribution in [-0.2, 0) is 0 Å². The smallest absolute Gasteiger partial charge is 0.254 e. The molecule has 0 radical (unpaired) electrons. The zero-order chi connectivity index (χ0) is 16.2. The maximum absolute atomic E-state index is 12.8. The number of aromatic amines is 1. The Morgan fingerprint density at radius 1 is 1.48 bits per heavy atom. The van der Waals surface area contributed by atoms with Crippen LogP contribution in [0.4, 0.5) is 0 Å². The number of nitrogens with one attached hydrogen (secondary N) is 1. The predicted octanol–water partition coefficient (Wildman–Crippen LogP) is 2.53. The number of aryl methyl sites for hydroxylation is 1. The summed E-state index contributed by atoms with van der Waals surface area (Å²) in [7, 11) is 0. The van der Waals surface area contributed by atoms with E-state index in [1.54, 1.807) is 18.3 Å². The lowest BCUT2D eigenvalue weighted by atomic mass is 9.94. The van der Waals surface area contributed by atoms with Crippen LogP contribution >= 0.6 is 0 Å². The average molecular weight is 314 g/mol. The Morgan fingerprint density at radius 2 is 2.35 bits per heavy atom. The normalized spacial score (nSPS) is 18.0. The molecule has 6 nitrogen and oxygen atoms in total. The number of hydrogen-bond acceptors (Lipinski definition) is 4. The van der Waals surface area contributed by atoms with E-state index in [1.165, 1.54) is 0 Å². The molecule has 6 heteroatoms. The summed E-state index contributed by atoms with van der Waals surface area (Å²) in [6.07, 6.45) is 3.68. The van der Waals surface area contributed by atoms with Crippen LogP contribution in [0.15, 0.2) is 24.4 Å². The van der Waals surface area contributed by atoms with Crippen molar-refractivity contribution < 1.29 is 9.53 Å². The minimum atomic E-state index is 0.0327. The lowest BCUT2D eigenvalue weighted by molar-refractivity contribution is 0.0705. The summed E-state index contributed by atoms with van der Waals surface area (Å²) >= 11 is 0. The summed E-state index contributed by atoms with van der Waals surface area (Å²) in [6, 6.07) is 5.53. The van der Waals surface area contributed by atoms with Gasteiger partial charge in [0.1, 0.15) is 0 Å². The molecule has 1 N–H and O–H groups in total. The quantitative estimate of drug-likeness (QED) is 0.941. The molecule has 0 spiro atoms. The second-order valence-electron chi connectivity index (χ2n) is 5.88. The van der Waals surface area contributed by atoms with Gasteiger partial charge in [-0.1, -0.05) is 0 Å². The summed E-state index contributed by atoms with van der Waals surface area (Å²) in [4.78, 5) is 18.8. The minimum absolute atomic E-state index is 0.0327. The number of rotatable bonds is 4. The van der Waals surface area contributed by atoms with Crippen LogP contribution in [0.5, 0.6) is 5.88 Å². The summed E-state index contributed by atoms with van der Waals surface area (Å²) in [5.41, 5.74) is 2.73. The second kappa shape index (κ2) is 6.81. The van der Waals surface area contributed by atoms with Crippen molar-refractivity contribution in [3.05, 3.63) is 41.3 Å². The summed E-state index contributed by atoms with van der Waals surface area (Å²) in [5, 5.41) is 7.34. The van der Waals surface area contributed by atoms with Gasteiger partial charge in [0.25, 0.3) is 5.91 Å². The molecule has 0 aliphatic carbocycles. The van der Waals surface area contributed by atoms with E-state index in [2.05, 4.69) is 21.2 Å². The van der Waals surface area contributed by atoms with E-state index in [4.69, 9.17) is 4.74 Å².